The van der Waals surface area contributed by atoms with Crippen molar-refractivity contribution < 1.29 is 9.53 Å². The van der Waals surface area contributed by atoms with Crippen molar-refractivity contribution in [3.63, 3.8) is 0 Å². The second kappa shape index (κ2) is 6.48. The summed E-state index contributed by atoms with van der Waals surface area (Å²) in [5.41, 5.74) is 1.02. The van der Waals surface area contributed by atoms with Crippen LogP contribution in [0.15, 0.2) is 24.3 Å². The average molecular weight is 288 g/mol. The highest BCUT2D eigenvalue weighted by Crippen LogP contribution is 2.33. The van der Waals surface area contributed by atoms with Crippen LogP contribution in [-0.2, 0) is 4.79 Å². The van der Waals surface area contributed by atoms with Gasteiger partial charge in [-0.2, -0.15) is 0 Å². The normalized spacial score (nSPS) is 26.3. The monoisotopic (exact) mass is 288 g/mol. The number of nitrogens with one attached hydrogen (secondary N) is 2. The summed E-state index contributed by atoms with van der Waals surface area (Å²) < 4.78 is 5.63. The summed E-state index contributed by atoms with van der Waals surface area (Å²) in [5.74, 6) is 0.902. The molecule has 2 heterocycles. The molecule has 0 aromatic heterocycles. The van der Waals surface area contributed by atoms with E-state index in [1.54, 1.807) is 0 Å². The zero-order valence-corrected chi connectivity index (χ0v) is 12.6. The number of fused-ring (bicyclic) bond motifs is 1. The molecule has 3 unspecified atom stereocenters. The van der Waals surface area contributed by atoms with Gasteiger partial charge in [-0.1, -0.05) is 24.6 Å². The van der Waals surface area contributed by atoms with Crippen LogP contribution < -0.4 is 15.4 Å². The van der Waals surface area contributed by atoms with Crippen molar-refractivity contribution in [3.8, 4) is 5.75 Å². The fourth-order valence-corrected chi connectivity index (χ4v) is 3.35. The largest absolute Gasteiger partial charge is 0.493 e. The first-order valence-electron chi connectivity index (χ1n) is 8.01. The topological polar surface area (TPSA) is 50.4 Å². The Labute approximate surface area is 126 Å². The summed E-state index contributed by atoms with van der Waals surface area (Å²) in [6.45, 7) is 3.78. The molecule has 4 heteroatoms. The second-order valence-corrected chi connectivity index (χ2v) is 6.08. The summed E-state index contributed by atoms with van der Waals surface area (Å²) in [7, 11) is 0. The molecule has 1 amide bonds. The molecule has 2 aliphatic heterocycles. The molecule has 21 heavy (non-hydrogen) atoms. The lowest BCUT2D eigenvalue weighted by Crippen LogP contribution is -2.51. The van der Waals surface area contributed by atoms with Gasteiger partial charge in [0.05, 0.1) is 12.5 Å². The van der Waals surface area contributed by atoms with Crippen LogP contribution in [0.5, 0.6) is 5.75 Å². The Bertz CT molecular complexity index is 497. The van der Waals surface area contributed by atoms with Crippen molar-refractivity contribution in [2.24, 2.45) is 0 Å². The number of amides is 1. The van der Waals surface area contributed by atoms with Crippen molar-refractivity contribution in [2.75, 3.05) is 13.2 Å². The van der Waals surface area contributed by atoms with Gasteiger partial charge in [0.2, 0.25) is 5.91 Å². The quantitative estimate of drug-likeness (QED) is 0.896. The minimum atomic E-state index is -0.0824. The van der Waals surface area contributed by atoms with E-state index in [0.717, 1.165) is 30.7 Å². The first kappa shape index (κ1) is 14.4. The molecule has 114 valence electrons. The van der Waals surface area contributed by atoms with E-state index >= 15 is 0 Å². The van der Waals surface area contributed by atoms with Gasteiger partial charge in [0.15, 0.2) is 0 Å². The number of carbonyl (C=O) groups is 1. The number of piperidine rings is 1. The van der Waals surface area contributed by atoms with Crippen LogP contribution in [0.25, 0.3) is 0 Å². The predicted octanol–water partition coefficient (Wildman–Crippen LogP) is 2.20. The van der Waals surface area contributed by atoms with E-state index < -0.39 is 0 Å². The van der Waals surface area contributed by atoms with E-state index in [-0.39, 0.29) is 17.9 Å². The first-order valence-corrected chi connectivity index (χ1v) is 8.01. The highest BCUT2D eigenvalue weighted by Gasteiger charge is 2.29. The van der Waals surface area contributed by atoms with Gasteiger partial charge in [-0.05, 0) is 38.8 Å². The number of rotatable bonds is 3. The minimum Gasteiger partial charge on any atom is -0.493 e. The molecular weight excluding hydrogens is 264 g/mol. The van der Waals surface area contributed by atoms with Crippen LogP contribution in [0.2, 0.25) is 0 Å². The van der Waals surface area contributed by atoms with Crippen LogP contribution in [0.1, 0.15) is 44.1 Å². The molecule has 1 fully saturated rings. The van der Waals surface area contributed by atoms with Crippen LogP contribution in [-0.4, -0.2) is 31.1 Å². The smallest absolute Gasteiger partial charge is 0.228 e. The summed E-state index contributed by atoms with van der Waals surface area (Å²) in [6, 6.07) is 8.45. The summed E-state index contributed by atoms with van der Waals surface area (Å²) in [6.07, 6.45) is 4.39. The van der Waals surface area contributed by atoms with Crippen LogP contribution in [0.3, 0.4) is 0 Å². The van der Waals surface area contributed by atoms with Crippen LogP contribution in [0, 0.1) is 0 Å². The zero-order valence-electron chi connectivity index (χ0n) is 12.6. The van der Waals surface area contributed by atoms with Gasteiger partial charge in [-0.3, -0.25) is 4.79 Å². The van der Waals surface area contributed by atoms with Gasteiger partial charge in [0.25, 0.3) is 0 Å². The molecule has 0 saturated carbocycles. The van der Waals surface area contributed by atoms with Gasteiger partial charge < -0.3 is 15.4 Å². The Kier molecular flexibility index (Phi) is 4.44. The fourth-order valence-electron chi connectivity index (χ4n) is 3.35. The number of hydrogen-bond acceptors (Lipinski definition) is 3. The highest BCUT2D eigenvalue weighted by molar-refractivity contribution is 5.85. The Hall–Kier alpha value is -1.55. The van der Waals surface area contributed by atoms with E-state index in [1.807, 2.05) is 24.3 Å². The fraction of sp³-hybridized carbons (Fsp3) is 0.588. The van der Waals surface area contributed by atoms with Gasteiger partial charge in [-0.25, -0.2) is 0 Å². The van der Waals surface area contributed by atoms with Crippen molar-refractivity contribution in [3.05, 3.63) is 29.8 Å². The standard InChI is InChI=1S/C17H24N2O2/c1-12(15-7-4-5-10-18-15)19-17(20)14-9-11-21-16-8-3-2-6-13(14)16/h2-3,6,8,12,14-15,18H,4-5,7,9-11H2,1H3,(H,19,20). The first-order chi connectivity index (χ1) is 10.3. The predicted molar refractivity (Wildman–Crippen MR) is 82.5 cm³/mol. The van der Waals surface area contributed by atoms with Gasteiger partial charge >= 0.3 is 0 Å². The Morgan fingerprint density at radius 2 is 2.19 bits per heavy atom. The van der Waals surface area contributed by atoms with Gasteiger partial charge in [0, 0.05) is 17.6 Å². The molecule has 0 aliphatic carbocycles. The molecule has 1 aromatic rings. The molecular formula is C17H24N2O2. The molecule has 1 saturated heterocycles. The molecule has 0 spiro atoms. The molecule has 3 atom stereocenters. The third-order valence-corrected chi connectivity index (χ3v) is 4.60. The molecule has 1 aromatic carbocycles. The van der Waals surface area contributed by atoms with Gasteiger partial charge in [0.1, 0.15) is 5.75 Å². The molecule has 0 radical (unpaired) electrons. The SMILES string of the molecule is CC(NC(=O)C1CCOc2ccccc21)C1CCCCN1. The maximum Gasteiger partial charge on any atom is 0.228 e. The molecule has 0 bridgehead atoms. The molecule has 4 nitrogen and oxygen atoms in total. The van der Waals surface area contributed by atoms with E-state index in [2.05, 4.69) is 17.6 Å². The summed E-state index contributed by atoms with van der Waals surface area (Å²) in [5, 5.41) is 6.71. The van der Waals surface area contributed by atoms with E-state index in [9.17, 15) is 4.79 Å². The zero-order chi connectivity index (χ0) is 14.7. The highest BCUT2D eigenvalue weighted by atomic mass is 16.5. The number of benzene rings is 1. The molecule has 3 rings (SSSR count). The number of hydrogen-bond donors (Lipinski definition) is 2. The average Bonchev–Trinajstić information content (AvgIpc) is 2.55. The summed E-state index contributed by atoms with van der Waals surface area (Å²) in [4.78, 5) is 12.6. The lowest BCUT2D eigenvalue weighted by atomic mass is 9.91. The van der Waals surface area contributed by atoms with Crippen molar-refractivity contribution in [1.29, 1.82) is 0 Å². The Balaban J connectivity index is 1.66. The van der Waals surface area contributed by atoms with Gasteiger partial charge in [-0.15, -0.1) is 0 Å². The van der Waals surface area contributed by atoms with Crippen molar-refractivity contribution >= 4 is 5.91 Å². The second-order valence-electron chi connectivity index (χ2n) is 6.08. The lowest BCUT2D eigenvalue weighted by molar-refractivity contribution is -0.124. The van der Waals surface area contributed by atoms with E-state index in [1.165, 1.54) is 12.8 Å². The summed E-state index contributed by atoms with van der Waals surface area (Å²) >= 11 is 0. The van der Waals surface area contributed by atoms with Crippen LogP contribution in [0.4, 0.5) is 0 Å². The van der Waals surface area contributed by atoms with Crippen molar-refractivity contribution in [2.45, 2.75) is 50.6 Å². The maximum atomic E-state index is 12.6. The van der Waals surface area contributed by atoms with Crippen molar-refractivity contribution in [1.82, 2.24) is 10.6 Å². The number of para-hydroxylation sites is 1. The number of carbonyl (C=O) groups excluding carboxylic acids is 1. The molecule has 2 N–H and O–H groups in total. The maximum absolute atomic E-state index is 12.6. The Morgan fingerprint density at radius 1 is 1.33 bits per heavy atom. The third kappa shape index (κ3) is 3.21. The van der Waals surface area contributed by atoms with E-state index in [4.69, 9.17) is 4.74 Å². The van der Waals surface area contributed by atoms with Crippen LogP contribution >= 0.6 is 0 Å². The lowest BCUT2D eigenvalue weighted by Gasteiger charge is -2.32. The molecule has 2 aliphatic rings. The number of ether oxygens (including phenoxy) is 1. The minimum absolute atomic E-state index is 0.0824. The Morgan fingerprint density at radius 3 is 3.00 bits per heavy atom. The third-order valence-electron chi connectivity index (χ3n) is 4.60. The van der Waals surface area contributed by atoms with E-state index in [0.29, 0.717) is 12.6 Å².